The van der Waals surface area contributed by atoms with Gasteiger partial charge in [0.25, 0.3) is 11.6 Å². The maximum atomic E-state index is 12.5. The Hall–Kier alpha value is -2.41. The number of benzene rings is 2. The molecular formula is C17H17BrN2O4. The first-order valence-corrected chi connectivity index (χ1v) is 8.07. The Morgan fingerprint density at radius 2 is 1.92 bits per heavy atom. The van der Waals surface area contributed by atoms with Gasteiger partial charge in [-0.1, -0.05) is 22.0 Å². The molecule has 126 valence electrons. The van der Waals surface area contributed by atoms with E-state index in [-0.39, 0.29) is 11.6 Å². The van der Waals surface area contributed by atoms with Gasteiger partial charge in [0.1, 0.15) is 12.4 Å². The van der Waals surface area contributed by atoms with Crippen molar-refractivity contribution in [2.75, 3.05) is 20.2 Å². The SMILES string of the molecule is Cc1c(C(=O)N(C)CCOc2ccc(Br)cc2)cccc1[N+](=O)[O-]. The zero-order valence-electron chi connectivity index (χ0n) is 13.4. The number of carbonyl (C=O) groups excluding carboxylic acids is 1. The van der Waals surface area contributed by atoms with E-state index < -0.39 is 4.92 Å². The molecule has 24 heavy (non-hydrogen) atoms. The number of carbonyl (C=O) groups is 1. The van der Waals surface area contributed by atoms with Crippen molar-refractivity contribution in [1.29, 1.82) is 0 Å². The van der Waals surface area contributed by atoms with Crippen LogP contribution in [0, 0.1) is 17.0 Å². The first-order valence-electron chi connectivity index (χ1n) is 7.28. The fourth-order valence-corrected chi connectivity index (χ4v) is 2.46. The molecule has 0 N–H and O–H groups in total. The predicted molar refractivity (Wildman–Crippen MR) is 94.4 cm³/mol. The lowest BCUT2D eigenvalue weighted by Crippen LogP contribution is -2.31. The molecule has 0 atom stereocenters. The summed E-state index contributed by atoms with van der Waals surface area (Å²) in [5, 5.41) is 11.0. The van der Waals surface area contributed by atoms with Crippen LogP contribution in [0.5, 0.6) is 5.75 Å². The Labute approximate surface area is 148 Å². The average Bonchev–Trinajstić information content (AvgIpc) is 2.56. The topological polar surface area (TPSA) is 72.7 Å². The maximum absolute atomic E-state index is 12.5. The van der Waals surface area contributed by atoms with E-state index in [0.29, 0.717) is 30.0 Å². The van der Waals surface area contributed by atoms with Crippen LogP contribution in [0.1, 0.15) is 15.9 Å². The van der Waals surface area contributed by atoms with Crippen LogP contribution in [-0.2, 0) is 0 Å². The molecule has 0 radical (unpaired) electrons. The van der Waals surface area contributed by atoms with Crippen LogP contribution in [0.2, 0.25) is 0 Å². The van der Waals surface area contributed by atoms with E-state index >= 15 is 0 Å². The number of nitro groups is 1. The molecule has 0 spiro atoms. The van der Waals surface area contributed by atoms with E-state index in [1.807, 2.05) is 24.3 Å². The Morgan fingerprint density at radius 3 is 2.54 bits per heavy atom. The highest BCUT2D eigenvalue weighted by Crippen LogP contribution is 2.22. The lowest BCUT2D eigenvalue weighted by atomic mass is 10.1. The van der Waals surface area contributed by atoms with Gasteiger partial charge < -0.3 is 9.64 Å². The van der Waals surface area contributed by atoms with Crippen molar-refractivity contribution in [3.05, 3.63) is 68.2 Å². The monoisotopic (exact) mass is 392 g/mol. The number of ether oxygens (including phenoxy) is 1. The van der Waals surface area contributed by atoms with Crippen LogP contribution < -0.4 is 4.74 Å². The van der Waals surface area contributed by atoms with Crippen molar-refractivity contribution in [2.24, 2.45) is 0 Å². The average molecular weight is 393 g/mol. The molecule has 2 rings (SSSR count). The van der Waals surface area contributed by atoms with Crippen LogP contribution in [0.15, 0.2) is 46.9 Å². The number of amides is 1. The summed E-state index contributed by atoms with van der Waals surface area (Å²) in [5.74, 6) is 0.446. The van der Waals surface area contributed by atoms with Crippen LogP contribution >= 0.6 is 15.9 Å². The van der Waals surface area contributed by atoms with Gasteiger partial charge in [0.15, 0.2) is 0 Å². The molecule has 0 saturated carbocycles. The van der Waals surface area contributed by atoms with Crippen molar-refractivity contribution in [1.82, 2.24) is 4.90 Å². The van der Waals surface area contributed by atoms with Crippen LogP contribution in [0.25, 0.3) is 0 Å². The third-order valence-corrected chi connectivity index (χ3v) is 4.12. The number of nitro benzene ring substituents is 1. The fraction of sp³-hybridized carbons (Fsp3) is 0.235. The molecule has 0 aliphatic heterocycles. The summed E-state index contributed by atoms with van der Waals surface area (Å²) in [6.45, 7) is 2.28. The number of hydrogen-bond donors (Lipinski definition) is 0. The molecule has 0 bridgehead atoms. The van der Waals surface area contributed by atoms with Crippen molar-refractivity contribution >= 4 is 27.5 Å². The molecule has 0 saturated heterocycles. The summed E-state index contributed by atoms with van der Waals surface area (Å²) < 4.78 is 6.55. The predicted octanol–water partition coefficient (Wildman–Crippen LogP) is 3.82. The molecule has 0 aromatic heterocycles. The van der Waals surface area contributed by atoms with Crippen molar-refractivity contribution in [2.45, 2.75) is 6.92 Å². The van der Waals surface area contributed by atoms with E-state index in [1.165, 1.54) is 17.0 Å². The van der Waals surface area contributed by atoms with Gasteiger partial charge in [-0.3, -0.25) is 14.9 Å². The first-order chi connectivity index (χ1) is 11.4. The Balaban J connectivity index is 1.98. The highest BCUT2D eigenvalue weighted by Gasteiger charge is 2.20. The summed E-state index contributed by atoms with van der Waals surface area (Å²) in [6.07, 6.45) is 0. The van der Waals surface area contributed by atoms with Gasteiger partial charge in [-0.25, -0.2) is 0 Å². The maximum Gasteiger partial charge on any atom is 0.273 e. The molecule has 0 aliphatic carbocycles. The van der Waals surface area contributed by atoms with Crippen LogP contribution in [-0.4, -0.2) is 35.9 Å². The molecule has 0 heterocycles. The Morgan fingerprint density at radius 1 is 1.25 bits per heavy atom. The van der Waals surface area contributed by atoms with Gasteiger partial charge in [0, 0.05) is 28.7 Å². The van der Waals surface area contributed by atoms with Gasteiger partial charge in [-0.15, -0.1) is 0 Å². The summed E-state index contributed by atoms with van der Waals surface area (Å²) in [4.78, 5) is 24.5. The second kappa shape index (κ2) is 7.92. The molecule has 2 aromatic carbocycles. The van der Waals surface area contributed by atoms with Gasteiger partial charge in [-0.2, -0.15) is 0 Å². The van der Waals surface area contributed by atoms with E-state index in [1.54, 1.807) is 20.0 Å². The number of halogens is 1. The summed E-state index contributed by atoms with van der Waals surface area (Å²) >= 11 is 3.35. The molecular weight excluding hydrogens is 376 g/mol. The Kier molecular flexibility index (Phi) is 5.92. The molecule has 0 unspecified atom stereocenters. The highest BCUT2D eigenvalue weighted by molar-refractivity contribution is 9.10. The zero-order valence-corrected chi connectivity index (χ0v) is 14.9. The van der Waals surface area contributed by atoms with Gasteiger partial charge >= 0.3 is 0 Å². The van der Waals surface area contributed by atoms with E-state index in [4.69, 9.17) is 4.74 Å². The van der Waals surface area contributed by atoms with E-state index in [2.05, 4.69) is 15.9 Å². The number of hydrogen-bond acceptors (Lipinski definition) is 4. The minimum Gasteiger partial charge on any atom is -0.492 e. The Bertz CT molecular complexity index is 747. The summed E-state index contributed by atoms with van der Waals surface area (Å²) in [6, 6.07) is 11.9. The second-order valence-electron chi connectivity index (χ2n) is 5.24. The smallest absolute Gasteiger partial charge is 0.273 e. The molecule has 7 heteroatoms. The summed E-state index contributed by atoms with van der Waals surface area (Å²) in [7, 11) is 1.64. The lowest BCUT2D eigenvalue weighted by Gasteiger charge is -2.18. The minimum atomic E-state index is -0.483. The van der Waals surface area contributed by atoms with E-state index in [9.17, 15) is 14.9 Å². The second-order valence-corrected chi connectivity index (χ2v) is 6.15. The first kappa shape index (κ1) is 17.9. The van der Waals surface area contributed by atoms with Gasteiger partial charge in [-0.05, 0) is 37.3 Å². The van der Waals surface area contributed by atoms with Crippen LogP contribution in [0.3, 0.4) is 0 Å². The minimum absolute atomic E-state index is 0.0552. The van der Waals surface area contributed by atoms with Gasteiger partial charge in [0.05, 0.1) is 11.5 Å². The quantitative estimate of drug-likeness (QED) is 0.553. The van der Waals surface area contributed by atoms with Crippen LogP contribution in [0.4, 0.5) is 5.69 Å². The van der Waals surface area contributed by atoms with Gasteiger partial charge in [0.2, 0.25) is 0 Å². The molecule has 0 fully saturated rings. The van der Waals surface area contributed by atoms with Crippen molar-refractivity contribution in [3.8, 4) is 5.75 Å². The molecule has 6 nitrogen and oxygen atoms in total. The fourth-order valence-electron chi connectivity index (χ4n) is 2.19. The third kappa shape index (κ3) is 4.32. The molecule has 1 amide bonds. The van der Waals surface area contributed by atoms with Crippen molar-refractivity contribution in [3.63, 3.8) is 0 Å². The number of nitrogens with zero attached hydrogens (tertiary/aromatic N) is 2. The summed E-state index contributed by atoms with van der Waals surface area (Å²) in [5.41, 5.74) is 0.642. The normalized spacial score (nSPS) is 10.3. The van der Waals surface area contributed by atoms with Crippen molar-refractivity contribution < 1.29 is 14.5 Å². The largest absolute Gasteiger partial charge is 0.492 e. The lowest BCUT2D eigenvalue weighted by molar-refractivity contribution is -0.385. The number of rotatable bonds is 6. The zero-order chi connectivity index (χ0) is 17.7. The third-order valence-electron chi connectivity index (χ3n) is 3.59. The number of likely N-dealkylation sites (N-methyl/N-ethyl adjacent to an activating group) is 1. The van der Waals surface area contributed by atoms with E-state index in [0.717, 1.165) is 4.47 Å². The molecule has 0 aliphatic rings. The highest BCUT2D eigenvalue weighted by atomic mass is 79.9. The molecule has 2 aromatic rings. The standard InChI is InChI=1S/C17H17BrN2O4/c1-12-15(4-3-5-16(12)20(22)23)17(21)19(2)10-11-24-14-8-6-13(18)7-9-14/h3-9H,10-11H2,1-2H3.